The van der Waals surface area contributed by atoms with Crippen molar-refractivity contribution in [2.24, 2.45) is 0 Å². The molecule has 0 atom stereocenters. The van der Waals surface area contributed by atoms with Crippen LogP contribution < -0.4 is 0 Å². The van der Waals surface area contributed by atoms with Crippen LogP contribution in [0.2, 0.25) is 5.15 Å². The zero-order valence-electron chi connectivity index (χ0n) is 8.04. The van der Waals surface area contributed by atoms with Gasteiger partial charge in [0.1, 0.15) is 12.0 Å². The van der Waals surface area contributed by atoms with Gasteiger partial charge in [0, 0.05) is 5.56 Å². The number of hydrogen-bond donors (Lipinski definition) is 0. The maximum absolute atomic E-state index is 13.5. The van der Waals surface area contributed by atoms with E-state index >= 15 is 0 Å². The van der Waals surface area contributed by atoms with E-state index in [1.807, 2.05) is 19.1 Å². The van der Waals surface area contributed by atoms with Crippen molar-refractivity contribution in [2.45, 2.75) is 6.92 Å². The molecule has 0 unspecified atom stereocenters. The summed E-state index contributed by atoms with van der Waals surface area (Å²) >= 11 is 5.57. The number of halogens is 2. The summed E-state index contributed by atoms with van der Waals surface area (Å²) in [7, 11) is 0. The van der Waals surface area contributed by atoms with Gasteiger partial charge in [0.2, 0.25) is 0 Å². The van der Waals surface area contributed by atoms with Gasteiger partial charge in [-0.3, -0.25) is 0 Å². The van der Waals surface area contributed by atoms with E-state index in [2.05, 4.69) is 9.97 Å². The Labute approximate surface area is 91.8 Å². The summed E-state index contributed by atoms with van der Waals surface area (Å²) in [6.07, 6.45) is 1.25. The zero-order valence-corrected chi connectivity index (χ0v) is 8.79. The summed E-state index contributed by atoms with van der Waals surface area (Å²) in [5.41, 5.74) is 2.04. The molecule has 4 heteroatoms. The predicted molar refractivity (Wildman–Crippen MR) is 57.2 cm³/mol. The third kappa shape index (κ3) is 1.97. The van der Waals surface area contributed by atoms with Crippen LogP contribution >= 0.6 is 11.6 Å². The molecule has 0 saturated heterocycles. The van der Waals surface area contributed by atoms with Crippen molar-refractivity contribution in [2.75, 3.05) is 0 Å². The van der Waals surface area contributed by atoms with E-state index in [9.17, 15) is 4.39 Å². The van der Waals surface area contributed by atoms with Crippen LogP contribution in [0.5, 0.6) is 0 Å². The largest absolute Gasteiger partial charge is 0.233 e. The van der Waals surface area contributed by atoms with Crippen molar-refractivity contribution in [1.82, 2.24) is 9.97 Å². The standard InChI is InChI=1S/C11H8ClFN2/c1-7-2-4-8(5-3-7)10-9(13)11(12)15-6-14-10/h2-6H,1H3. The first-order valence-corrected chi connectivity index (χ1v) is 4.79. The molecule has 76 valence electrons. The molecule has 1 aromatic carbocycles. The second kappa shape index (κ2) is 3.95. The number of rotatable bonds is 1. The Kier molecular flexibility index (Phi) is 2.64. The number of nitrogens with zero attached hydrogens (tertiary/aromatic N) is 2. The third-order valence-electron chi connectivity index (χ3n) is 2.07. The first-order valence-electron chi connectivity index (χ1n) is 4.41. The summed E-state index contributed by atoms with van der Waals surface area (Å²) in [4.78, 5) is 7.43. The van der Waals surface area contributed by atoms with Gasteiger partial charge in [-0.25, -0.2) is 14.4 Å². The summed E-state index contributed by atoms with van der Waals surface area (Å²) in [5.74, 6) is -0.581. The number of hydrogen-bond acceptors (Lipinski definition) is 2. The Bertz CT molecular complexity index is 482. The fourth-order valence-corrected chi connectivity index (χ4v) is 1.39. The summed E-state index contributed by atoms with van der Waals surface area (Å²) in [6.45, 7) is 1.97. The molecule has 1 aromatic heterocycles. The average Bonchev–Trinajstić information content (AvgIpc) is 2.24. The normalized spacial score (nSPS) is 10.3. The molecule has 0 aliphatic carbocycles. The molecule has 0 radical (unpaired) electrons. The lowest BCUT2D eigenvalue weighted by Gasteiger charge is -2.02. The second-order valence-corrected chi connectivity index (χ2v) is 3.55. The van der Waals surface area contributed by atoms with Gasteiger partial charge < -0.3 is 0 Å². The van der Waals surface area contributed by atoms with Crippen LogP contribution in [0.1, 0.15) is 5.56 Å². The SMILES string of the molecule is Cc1ccc(-c2ncnc(Cl)c2F)cc1. The Morgan fingerprint density at radius 2 is 1.80 bits per heavy atom. The Morgan fingerprint density at radius 1 is 1.13 bits per heavy atom. The maximum atomic E-state index is 13.5. The first kappa shape index (κ1) is 10.1. The minimum Gasteiger partial charge on any atom is -0.233 e. The number of aromatic nitrogens is 2. The van der Waals surface area contributed by atoms with E-state index in [4.69, 9.17) is 11.6 Å². The van der Waals surface area contributed by atoms with Crippen molar-refractivity contribution in [3.63, 3.8) is 0 Å². The van der Waals surface area contributed by atoms with Crippen molar-refractivity contribution >= 4 is 11.6 Å². The number of benzene rings is 1. The lowest BCUT2D eigenvalue weighted by atomic mass is 10.1. The summed E-state index contributed by atoms with van der Waals surface area (Å²) in [6, 6.07) is 7.39. The molecule has 0 spiro atoms. The van der Waals surface area contributed by atoms with E-state index in [-0.39, 0.29) is 10.8 Å². The fourth-order valence-electron chi connectivity index (χ4n) is 1.26. The van der Waals surface area contributed by atoms with Crippen LogP contribution in [-0.4, -0.2) is 9.97 Å². The van der Waals surface area contributed by atoms with E-state index in [0.717, 1.165) is 5.56 Å². The molecule has 0 amide bonds. The first-order chi connectivity index (χ1) is 7.18. The van der Waals surface area contributed by atoms with Gasteiger partial charge in [0.15, 0.2) is 11.0 Å². The molecule has 0 aliphatic rings. The lowest BCUT2D eigenvalue weighted by Crippen LogP contribution is -1.92. The monoisotopic (exact) mass is 222 g/mol. The zero-order chi connectivity index (χ0) is 10.8. The minimum absolute atomic E-state index is 0.152. The highest BCUT2D eigenvalue weighted by Crippen LogP contribution is 2.23. The van der Waals surface area contributed by atoms with Crippen LogP contribution in [-0.2, 0) is 0 Å². The van der Waals surface area contributed by atoms with Crippen molar-refractivity contribution in [3.05, 3.63) is 47.1 Å². The highest BCUT2D eigenvalue weighted by molar-refractivity contribution is 6.29. The quantitative estimate of drug-likeness (QED) is 0.693. The van der Waals surface area contributed by atoms with E-state index in [0.29, 0.717) is 5.56 Å². The fraction of sp³-hybridized carbons (Fsp3) is 0.0909. The van der Waals surface area contributed by atoms with Crippen molar-refractivity contribution in [1.29, 1.82) is 0 Å². The second-order valence-electron chi connectivity index (χ2n) is 3.19. The van der Waals surface area contributed by atoms with Gasteiger partial charge in [-0.1, -0.05) is 41.4 Å². The molecule has 15 heavy (non-hydrogen) atoms. The number of aryl methyl sites for hydroxylation is 1. The molecule has 2 aromatic rings. The molecule has 0 aliphatic heterocycles. The summed E-state index contributed by atoms with van der Waals surface area (Å²) in [5, 5.41) is -0.152. The molecule has 1 heterocycles. The molecule has 2 nitrogen and oxygen atoms in total. The minimum atomic E-state index is -0.581. The molecule has 0 saturated carbocycles. The Hall–Kier alpha value is -1.48. The molecular formula is C11H8ClFN2. The van der Waals surface area contributed by atoms with Crippen LogP contribution in [0, 0.1) is 12.7 Å². The predicted octanol–water partition coefficient (Wildman–Crippen LogP) is 3.24. The van der Waals surface area contributed by atoms with Crippen LogP contribution in [0.25, 0.3) is 11.3 Å². The van der Waals surface area contributed by atoms with Crippen LogP contribution in [0.15, 0.2) is 30.6 Å². The van der Waals surface area contributed by atoms with Crippen LogP contribution in [0.4, 0.5) is 4.39 Å². The van der Waals surface area contributed by atoms with Crippen molar-refractivity contribution < 1.29 is 4.39 Å². The van der Waals surface area contributed by atoms with Crippen molar-refractivity contribution in [3.8, 4) is 11.3 Å². The van der Waals surface area contributed by atoms with Gasteiger partial charge in [-0.2, -0.15) is 0 Å². The molecule has 2 rings (SSSR count). The Balaban J connectivity index is 2.54. The van der Waals surface area contributed by atoms with Crippen LogP contribution in [0.3, 0.4) is 0 Å². The topological polar surface area (TPSA) is 25.8 Å². The Morgan fingerprint density at radius 3 is 2.47 bits per heavy atom. The molecule has 0 N–H and O–H groups in total. The lowest BCUT2D eigenvalue weighted by molar-refractivity contribution is 0.618. The maximum Gasteiger partial charge on any atom is 0.186 e. The molecule has 0 bridgehead atoms. The van der Waals surface area contributed by atoms with Gasteiger partial charge in [0.25, 0.3) is 0 Å². The van der Waals surface area contributed by atoms with E-state index in [1.165, 1.54) is 6.33 Å². The van der Waals surface area contributed by atoms with Gasteiger partial charge in [-0.15, -0.1) is 0 Å². The van der Waals surface area contributed by atoms with Gasteiger partial charge in [-0.05, 0) is 6.92 Å². The average molecular weight is 223 g/mol. The molecular weight excluding hydrogens is 215 g/mol. The highest BCUT2D eigenvalue weighted by atomic mass is 35.5. The van der Waals surface area contributed by atoms with Gasteiger partial charge >= 0.3 is 0 Å². The van der Waals surface area contributed by atoms with Gasteiger partial charge in [0.05, 0.1) is 0 Å². The highest BCUT2D eigenvalue weighted by Gasteiger charge is 2.10. The van der Waals surface area contributed by atoms with E-state index in [1.54, 1.807) is 12.1 Å². The molecule has 0 fully saturated rings. The summed E-state index contributed by atoms with van der Waals surface area (Å²) < 4.78 is 13.5. The smallest absolute Gasteiger partial charge is 0.186 e. The third-order valence-corrected chi connectivity index (χ3v) is 2.34. The van der Waals surface area contributed by atoms with E-state index < -0.39 is 5.82 Å².